The lowest BCUT2D eigenvalue weighted by molar-refractivity contribution is 0.667. The van der Waals surface area contributed by atoms with Crippen molar-refractivity contribution >= 4 is 17.4 Å². The fourth-order valence-electron chi connectivity index (χ4n) is 1.54. The van der Waals surface area contributed by atoms with E-state index >= 15 is 0 Å². The fourth-order valence-corrected chi connectivity index (χ4v) is 1.91. The van der Waals surface area contributed by atoms with Crippen LogP contribution in [0.25, 0.3) is 11.1 Å². The molecular formula is C12H15N3S. The minimum Gasteiger partial charge on any atom is -0.399 e. The first kappa shape index (κ1) is 11.1. The normalized spacial score (nSPS) is 10.6. The summed E-state index contributed by atoms with van der Waals surface area (Å²) in [5.74, 6) is 1.08. The molecule has 0 aliphatic carbocycles. The molecule has 0 bridgehead atoms. The average Bonchev–Trinajstić information content (AvgIpc) is 2.75. The summed E-state index contributed by atoms with van der Waals surface area (Å²) in [6, 6.07) is 7.87. The zero-order chi connectivity index (χ0) is 11.4. The lowest BCUT2D eigenvalue weighted by atomic mass is 10.1. The Bertz CT molecular complexity index is 465. The van der Waals surface area contributed by atoms with E-state index < -0.39 is 0 Å². The third-order valence-electron chi connectivity index (χ3n) is 2.38. The molecule has 0 aliphatic heterocycles. The van der Waals surface area contributed by atoms with Crippen LogP contribution >= 0.6 is 11.8 Å². The van der Waals surface area contributed by atoms with Crippen LogP contribution in [0.15, 0.2) is 36.7 Å². The standard InChI is InChI=1S/C12H15N3S/c1-16-6-5-15-9-11(8-14-15)10-3-2-4-12(13)7-10/h2-4,7-9H,5-6,13H2,1H3. The van der Waals surface area contributed by atoms with E-state index in [0.717, 1.165) is 29.1 Å². The fraction of sp³-hybridized carbons (Fsp3) is 0.250. The predicted octanol–water partition coefficient (Wildman–Crippen LogP) is 2.50. The molecule has 16 heavy (non-hydrogen) atoms. The molecule has 0 radical (unpaired) electrons. The van der Waals surface area contributed by atoms with Crippen LogP contribution in [0.3, 0.4) is 0 Å². The molecule has 0 atom stereocenters. The average molecular weight is 233 g/mol. The summed E-state index contributed by atoms with van der Waals surface area (Å²) >= 11 is 1.82. The first-order valence-electron chi connectivity index (χ1n) is 5.17. The molecule has 0 fully saturated rings. The second-order valence-electron chi connectivity index (χ2n) is 3.61. The number of nitrogen functional groups attached to an aromatic ring is 1. The molecule has 84 valence electrons. The third kappa shape index (κ3) is 2.58. The summed E-state index contributed by atoms with van der Waals surface area (Å²) in [5, 5.41) is 4.32. The molecule has 0 unspecified atom stereocenters. The van der Waals surface area contributed by atoms with Crippen LogP contribution in [0.5, 0.6) is 0 Å². The second kappa shape index (κ2) is 5.07. The molecule has 0 saturated carbocycles. The molecule has 0 aliphatic rings. The molecule has 2 aromatic rings. The monoisotopic (exact) mass is 233 g/mol. The topological polar surface area (TPSA) is 43.8 Å². The van der Waals surface area contributed by atoms with Gasteiger partial charge in [0, 0.05) is 29.7 Å². The van der Waals surface area contributed by atoms with Gasteiger partial charge in [-0.25, -0.2) is 0 Å². The minimum absolute atomic E-state index is 0.786. The number of aryl methyl sites for hydroxylation is 1. The maximum absolute atomic E-state index is 5.75. The smallest absolute Gasteiger partial charge is 0.0568 e. The van der Waals surface area contributed by atoms with Crippen LogP contribution < -0.4 is 5.73 Å². The zero-order valence-electron chi connectivity index (χ0n) is 9.26. The van der Waals surface area contributed by atoms with Crippen LogP contribution in [0.2, 0.25) is 0 Å². The summed E-state index contributed by atoms with van der Waals surface area (Å²) < 4.78 is 1.97. The maximum atomic E-state index is 5.75. The van der Waals surface area contributed by atoms with Crippen molar-refractivity contribution in [2.75, 3.05) is 17.7 Å². The lowest BCUT2D eigenvalue weighted by Crippen LogP contribution is -1.99. The molecule has 0 saturated heterocycles. The van der Waals surface area contributed by atoms with Crippen molar-refractivity contribution in [3.63, 3.8) is 0 Å². The number of nitrogens with two attached hydrogens (primary N) is 1. The Labute approximate surface area is 99.7 Å². The van der Waals surface area contributed by atoms with Crippen molar-refractivity contribution in [2.24, 2.45) is 0 Å². The van der Waals surface area contributed by atoms with Crippen molar-refractivity contribution in [3.05, 3.63) is 36.7 Å². The lowest BCUT2D eigenvalue weighted by Gasteiger charge is -1.99. The van der Waals surface area contributed by atoms with Crippen molar-refractivity contribution < 1.29 is 0 Å². The van der Waals surface area contributed by atoms with Gasteiger partial charge in [0.1, 0.15) is 0 Å². The molecule has 4 heteroatoms. The van der Waals surface area contributed by atoms with Gasteiger partial charge in [0.25, 0.3) is 0 Å². The zero-order valence-corrected chi connectivity index (χ0v) is 10.1. The Morgan fingerprint density at radius 2 is 2.25 bits per heavy atom. The minimum atomic E-state index is 0.786. The molecule has 1 aromatic carbocycles. The van der Waals surface area contributed by atoms with Gasteiger partial charge in [-0.2, -0.15) is 16.9 Å². The van der Waals surface area contributed by atoms with Crippen molar-refractivity contribution in [3.8, 4) is 11.1 Å². The van der Waals surface area contributed by atoms with E-state index in [1.54, 1.807) is 0 Å². The van der Waals surface area contributed by atoms with Crippen molar-refractivity contribution in [1.29, 1.82) is 0 Å². The van der Waals surface area contributed by atoms with Crippen LogP contribution in [-0.2, 0) is 6.54 Å². The van der Waals surface area contributed by atoms with E-state index in [-0.39, 0.29) is 0 Å². The largest absolute Gasteiger partial charge is 0.399 e. The Hall–Kier alpha value is -1.42. The SMILES string of the molecule is CSCCn1cc(-c2cccc(N)c2)cn1. The Kier molecular flexibility index (Phi) is 3.51. The summed E-state index contributed by atoms with van der Waals surface area (Å²) in [6.45, 7) is 0.948. The number of hydrogen-bond acceptors (Lipinski definition) is 3. The molecule has 3 nitrogen and oxygen atoms in total. The van der Waals surface area contributed by atoms with E-state index in [4.69, 9.17) is 5.73 Å². The quantitative estimate of drug-likeness (QED) is 0.825. The van der Waals surface area contributed by atoms with E-state index in [9.17, 15) is 0 Å². The first-order valence-corrected chi connectivity index (χ1v) is 6.56. The van der Waals surface area contributed by atoms with Crippen LogP contribution in [0, 0.1) is 0 Å². The van der Waals surface area contributed by atoms with Gasteiger partial charge in [-0.1, -0.05) is 12.1 Å². The first-order chi connectivity index (χ1) is 7.79. The van der Waals surface area contributed by atoms with Gasteiger partial charge in [-0.05, 0) is 24.0 Å². The van der Waals surface area contributed by atoms with Gasteiger partial charge in [-0.3, -0.25) is 4.68 Å². The van der Waals surface area contributed by atoms with Gasteiger partial charge >= 0.3 is 0 Å². The number of rotatable bonds is 4. The molecule has 1 aromatic heterocycles. The number of aromatic nitrogens is 2. The maximum Gasteiger partial charge on any atom is 0.0568 e. The van der Waals surface area contributed by atoms with E-state index in [2.05, 4.69) is 17.6 Å². The van der Waals surface area contributed by atoms with Gasteiger partial charge in [0.05, 0.1) is 6.20 Å². The Morgan fingerprint density at radius 1 is 1.38 bits per heavy atom. The Balaban J connectivity index is 2.18. The number of anilines is 1. The van der Waals surface area contributed by atoms with Gasteiger partial charge in [0.2, 0.25) is 0 Å². The van der Waals surface area contributed by atoms with Gasteiger partial charge in [-0.15, -0.1) is 0 Å². The van der Waals surface area contributed by atoms with Crippen LogP contribution in [0.4, 0.5) is 5.69 Å². The molecular weight excluding hydrogens is 218 g/mol. The predicted molar refractivity (Wildman–Crippen MR) is 70.5 cm³/mol. The second-order valence-corrected chi connectivity index (χ2v) is 4.60. The molecule has 2 rings (SSSR count). The van der Waals surface area contributed by atoms with Gasteiger partial charge in [0.15, 0.2) is 0 Å². The molecule has 0 amide bonds. The van der Waals surface area contributed by atoms with Crippen molar-refractivity contribution in [1.82, 2.24) is 9.78 Å². The summed E-state index contributed by atoms with van der Waals surface area (Å²) in [6.07, 6.45) is 6.04. The van der Waals surface area contributed by atoms with E-state index in [1.807, 2.05) is 46.9 Å². The number of thioether (sulfide) groups is 1. The number of nitrogens with zero attached hydrogens (tertiary/aromatic N) is 2. The number of hydrogen-bond donors (Lipinski definition) is 1. The van der Waals surface area contributed by atoms with Crippen LogP contribution in [0.1, 0.15) is 0 Å². The van der Waals surface area contributed by atoms with E-state index in [1.165, 1.54) is 0 Å². The highest BCUT2D eigenvalue weighted by atomic mass is 32.2. The van der Waals surface area contributed by atoms with Crippen molar-refractivity contribution in [2.45, 2.75) is 6.54 Å². The highest BCUT2D eigenvalue weighted by Crippen LogP contribution is 2.20. The molecule has 0 spiro atoms. The highest BCUT2D eigenvalue weighted by Gasteiger charge is 2.01. The summed E-state index contributed by atoms with van der Waals surface area (Å²) in [4.78, 5) is 0. The highest BCUT2D eigenvalue weighted by molar-refractivity contribution is 7.98. The molecule has 1 heterocycles. The summed E-state index contributed by atoms with van der Waals surface area (Å²) in [5.41, 5.74) is 8.78. The molecule has 2 N–H and O–H groups in total. The van der Waals surface area contributed by atoms with E-state index in [0.29, 0.717) is 0 Å². The summed E-state index contributed by atoms with van der Waals surface area (Å²) in [7, 11) is 0. The van der Waals surface area contributed by atoms with Gasteiger partial charge < -0.3 is 5.73 Å². The third-order valence-corrected chi connectivity index (χ3v) is 2.97. The number of benzene rings is 1. The van der Waals surface area contributed by atoms with Crippen LogP contribution in [-0.4, -0.2) is 21.8 Å². The Morgan fingerprint density at radius 3 is 3.00 bits per heavy atom.